The van der Waals surface area contributed by atoms with Crippen molar-refractivity contribution in [1.29, 1.82) is 0 Å². The zero-order valence-corrected chi connectivity index (χ0v) is 14.7. The van der Waals surface area contributed by atoms with Gasteiger partial charge in [-0.05, 0) is 44.5 Å². The van der Waals surface area contributed by atoms with Gasteiger partial charge in [-0.1, -0.05) is 29.8 Å². The fourth-order valence-electron chi connectivity index (χ4n) is 2.41. The number of sulfonamides is 1. The third kappa shape index (κ3) is 3.71. The van der Waals surface area contributed by atoms with Crippen molar-refractivity contribution in [3.8, 4) is 0 Å². The van der Waals surface area contributed by atoms with Crippen LogP contribution < -0.4 is 4.72 Å². The molecule has 3 rings (SSSR count). The van der Waals surface area contributed by atoms with Crippen molar-refractivity contribution >= 4 is 26.7 Å². The summed E-state index contributed by atoms with van der Waals surface area (Å²) in [5.41, 5.74) is 5.47. The Bertz CT molecular complexity index is 997. The Morgan fingerprint density at radius 1 is 0.875 bits per heavy atom. The van der Waals surface area contributed by atoms with Crippen LogP contribution in [0.5, 0.6) is 0 Å². The molecule has 0 amide bonds. The van der Waals surface area contributed by atoms with Crippen LogP contribution in [0, 0.1) is 20.8 Å². The predicted molar refractivity (Wildman–Crippen MR) is 96.4 cm³/mol. The van der Waals surface area contributed by atoms with Crippen molar-refractivity contribution in [2.24, 2.45) is 0 Å². The summed E-state index contributed by atoms with van der Waals surface area (Å²) in [6.45, 7) is 5.76. The molecule has 1 heterocycles. The van der Waals surface area contributed by atoms with Crippen LogP contribution in [0.4, 0.5) is 5.69 Å². The van der Waals surface area contributed by atoms with Gasteiger partial charge in [-0.2, -0.15) is 0 Å². The Morgan fingerprint density at radius 2 is 1.50 bits per heavy atom. The van der Waals surface area contributed by atoms with Gasteiger partial charge in [0.05, 0.1) is 33.9 Å². The molecule has 0 radical (unpaired) electrons. The Morgan fingerprint density at radius 3 is 2.17 bits per heavy atom. The summed E-state index contributed by atoms with van der Waals surface area (Å²) >= 11 is 0. The summed E-state index contributed by atoms with van der Waals surface area (Å²) in [6.07, 6.45) is 0. The minimum absolute atomic E-state index is 0.0656. The molecule has 0 aliphatic heterocycles. The summed E-state index contributed by atoms with van der Waals surface area (Å²) in [4.78, 5) is 8.91. The highest BCUT2D eigenvalue weighted by molar-refractivity contribution is 7.91. The van der Waals surface area contributed by atoms with Gasteiger partial charge in [0.25, 0.3) is 0 Å². The van der Waals surface area contributed by atoms with Crippen LogP contribution in [0.25, 0.3) is 11.0 Å². The lowest BCUT2D eigenvalue weighted by atomic mass is 10.2. The topological polar surface area (TPSA) is 72.0 Å². The van der Waals surface area contributed by atoms with Crippen molar-refractivity contribution in [1.82, 2.24) is 9.97 Å². The molecule has 0 bridgehead atoms. The fourth-order valence-corrected chi connectivity index (χ4v) is 3.60. The molecule has 6 heteroatoms. The highest BCUT2D eigenvalue weighted by Crippen LogP contribution is 2.19. The summed E-state index contributed by atoms with van der Waals surface area (Å²) < 4.78 is 27.3. The van der Waals surface area contributed by atoms with Crippen molar-refractivity contribution < 1.29 is 8.42 Å². The maximum Gasteiger partial charge on any atom is 0.236 e. The van der Waals surface area contributed by atoms with Gasteiger partial charge in [-0.25, -0.2) is 18.4 Å². The van der Waals surface area contributed by atoms with E-state index in [1.165, 1.54) is 0 Å². The average molecular weight is 341 g/mol. The molecule has 3 aromatic rings. The Kier molecular flexibility index (Phi) is 4.24. The van der Waals surface area contributed by atoms with Crippen LogP contribution in [0.3, 0.4) is 0 Å². The molecule has 1 aromatic heterocycles. The first-order valence-electron chi connectivity index (χ1n) is 7.63. The van der Waals surface area contributed by atoms with E-state index in [-0.39, 0.29) is 5.75 Å². The summed E-state index contributed by atoms with van der Waals surface area (Å²) in [6, 6.07) is 12.7. The predicted octanol–water partition coefficient (Wildman–Crippen LogP) is 3.50. The molecule has 0 fully saturated rings. The van der Waals surface area contributed by atoms with E-state index in [0.717, 1.165) is 28.0 Å². The lowest BCUT2D eigenvalue weighted by Crippen LogP contribution is -2.15. The van der Waals surface area contributed by atoms with Gasteiger partial charge in [-0.3, -0.25) is 4.72 Å². The number of nitrogens with one attached hydrogen (secondary N) is 1. The van der Waals surface area contributed by atoms with E-state index >= 15 is 0 Å². The highest BCUT2D eigenvalue weighted by atomic mass is 32.2. The lowest BCUT2D eigenvalue weighted by molar-refractivity contribution is 0.600. The third-order valence-electron chi connectivity index (χ3n) is 3.83. The Balaban J connectivity index is 1.85. The van der Waals surface area contributed by atoms with Crippen LogP contribution in [0.15, 0.2) is 42.5 Å². The van der Waals surface area contributed by atoms with E-state index in [1.54, 1.807) is 18.2 Å². The molecule has 0 saturated carbocycles. The zero-order valence-electron chi connectivity index (χ0n) is 13.9. The summed E-state index contributed by atoms with van der Waals surface area (Å²) in [5.74, 6) is -0.0656. The van der Waals surface area contributed by atoms with Crippen molar-refractivity contribution in [2.75, 3.05) is 4.72 Å². The second-order valence-corrected chi connectivity index (χ2v) is 7.67. The Labute approximate surface area is 141 Å². The van der Waals surface area contributed by atoms with Crippen LogP contribution in [0.2, 0.25) is 0 Å². The first-order chi connectivity index (χ1) is 11.3. The van der Waals surface area contributed by atoms with E-state index < -0.39 is 10.0 Å². The normalized spacial score (nSPS) is 11.6. The third-order valence-corrected chi connectivity index (χ3v) is 5.09. The minimum Gasteiger partial charge on any atom is -0.283 e. The molecule has 2 aromatic carbocycles. The molecular formula is C18H19N3O2S. The molecule has 1 N–H and O–H groups in total. The highest BCUT2D eigenvalue weighted by Gasteiger charge is 2.12. The number of aryl methyl sites for hydroxylation is 3. The number of rotatable bonds is 4. The van der Waals surface area contributed by atoms with Crippen LogP contribution in [-0.2, 0) is 15.8 Å². The molecule has 0 unspecified atom stereocenters. The van der Waals surface area contributed by atoms with E-state index in [4.69, 9.17) is 0 Å². The van der Waals surface area contributed by atoms with E-state index in [0.29, 0.717) is 11.2 Å². The van der Waals surface area contributed by atoms with Gasteiger partial charge in [-0.15, -0.1) is 0 Å². The monoisotopic (exact) mass is 341 g/mol. The van der Waals surface area contributed by atoms with Crippen molar-refractivity contribution in [3.05, 3.63) is 65.0 Å². The smallest absolute Gasteiger partial charge is 0.236 e. The Hall–Kier alpha value is -2.47. The SMILES string of the molecule is Cc1ccc(CS(=O)(=O)Nc2ccc3nc(C)c(C)nc3c2)cc1. The van der Waals surface area contributed by atoms with Gasteiger partial charge in [0.15, 0.2) is 0 Å². The molecule has 24 heavy (non-hydrogen) atoms. The molecule has 5 nitrogen and oxygen atoms in total. The van der Waals surface area contributed by atoms with Gasteiger partial charge in [0.2, 0.25) is 10.0 Å². The second kappa shape index (κ2) is 6.20. The number of nitrogens with zero attached hydrogens (tertiary/aromatic N) is 2. The average Bonchev–Trinajstić information content (AvgIpc) is 2.50. The van der Waals surface area contributed by atoms with Crippen LogP contribution in [-0.4, -0.2) is 18.4 Å². The number of fused-ring (bicyclic) bond motifs is 1. The first-order valence-corrected chi connectivity index (χ1v) is 9.29. The molecule has 0 spiro atoms. The molecule has 0 atom stereocenters. The van der Waals surface area contributed by atoms with Gasteiger partial charge < -0.3 is 0 Å². The second-order valence-electron chi connectivity index (χ2n) is 5.94. The van der Waals surface area contributed by atoms with E-state index in [1.807, 2.05) is 45.0 Å². The molecule has 0 aliphatic carbocycles. The number of hydrogen-bond acceptors (Lipinski definition) is 4. The van der Waals surface area contributed by atoms with Gasteiger partial charge in [0, 0.05) is 0 Å². The number of anilines is 1. The van der Waals surface area contributed by atoms with E-state index in [2.05, 4.69) is 14.7 Å². The number of aromatic nitrogens is 2. The van der Waals surface area contributed by atoms with Crippen molar-refractivity contribution in [2.45, 2.75) is 26.5 Å². The lowest BCUT2D eigenvalue weighted by Gasteiger charge is -2.09. The maximum absolute atomic E-state index is 12.4. The largest absolute Gasteiger partial charge is 0.283 e. The van der Waals surface area contributed by atoms with Gasteiger partial charge in [0.1, 0.15) is 0 Å². The molecule has 0 saturated heterocycles. The zero-order chi connectivity index (χ0) is 17.3. The first kappa shape index (κ1) is 16.4. The van der Waals surface area contributed by atoms with E-state index in [9.17, 15) is 8.42 Å². The summed E-state index contributed by atoms with van der Waals surface area (Å²) in [7, 11) is -3.49. The fraction of sp³-hybridized carbons (Fsp3) is 0.222. The summed E-state index contributed by atoms with van der Waals surface area (Å²) in [5, 5.41) is 0. The van der Waals surface area contributed by atoms with Gasteiger partial charge >= 0.3 is 0 Å². The quantitative estimate of drug-likeness (QED) is 0.788. The molecular weight excluding hydrogens is 322 g/mol. The van der Waals surface area contributed by atoms with Crippen molar-refractivity contribution in [3.63, 3.8) is 0 Å². The molecule has 124 valence electrons. The molecule has 0 aliphatic rings. The number of hydrogen-bond donors (Lipinski definition) is 1. The standard InChI is InChI=1S/C18H19N3O2S/c1-12-4-6-15(7-5-12)11-24(22,23)21-16-8-9-17-18(10-16)20-14(3)13(2)19-17/h4-10,21H,11H2,1-3H3. The van der Waals surface area contributed by atoms with Crippen LogP contribution in [0.1, 0.15) is 22.5 Å². The number of benzene rings is 2. The minimum atomic E-state index is -3.49. The maximum atomic E-state index is 12.4. The van der Waals surface area contributed by atoms with Crippen LogP contribution >= 0.6 is 0 Å².